The van der Waals surface area contributed by atoms with Gasteiger partial charge in [-0.2, -0.15) is 4.57 Å². The summed E-state index contributed by atoms with van der Waals surface area (Å²) in [4.78, 5) is 0. The Morgan fingerprint density at radius 1 is 1.12 bits per heavy atom. The summed E-state index contributed by atoms with van der Waals surface area (Å²) in [5.41, 5.74) is 1.82. The largest absolute Gasteiger partial charge is 0.502 e. The van der Waals surface area contributed by atoms with Gasteiger partial charge >= 0.3 is 0 Å². The zero-order valence-electron chi connectivity index (χ0n) is 9.00. The van der Waals surface area contributed by atoms with Crippen LogP contribution in [0.2, 0.25) is 0 Å². The molecule has 0 radical (unpaired) electrons. The molecule has 1 N–H and O–H groups in total. The van der Waals surface area contributed by atoms with Crippen molar-refractivity contribution in [3.05, 3.63) is 61.3 Å². The number of aromatic nitrogens is 1. The van der Waals surface area contributed by atoms with E-state index in [1.807, 2.05) is 53.2 Å². The number of pyridine rings is 1. The number of hydrogen-bond donors (Lipinski definition) is 1. The Hall–Kier alpha value is -2.09. The maximum Gasteiger partial charge on any atom is 0.254 e. The minimum atomic E-state index is 0.288. The van der Waals surface area contributed by atoms with E-state index in [1.54, 1.807) is 6.07 Å². The van der Waals surface area contributed by atoms with Crippen LogP contribution in [0.4, 0.5) is 0 Å². The second-order valence-corrected chi connectivity index (χ2v) is 3.55. The van der Waals surface area contributed by atoms with E-state index < -0.39 is 0 Å². The van der Waals surface area contributed by atoms with Gasteiger partial charge in [-0.25, -0.2) is 0 Å². The van der Waals surface area contributed by atoms with Crippen molar-refractivity contribution in [2.45, 2.75) is 6.54 Å². The van der Waals surface area contributed by atoms with Crippen molar-refractivity contribution in [1.82, 2.24) is 0 Å². The van der Waals surface area contributed by atoms with E-state index in [0.29, 0.717) is 6.54 Å². The second kappa shape index (κ2) is 4.62. The molecule has 2 aromatic rings. The standard InChI is InChI=1S/C14H13NO/c1-2-10-15-11-6-9-13(16)14(15)12-7-4-3-5-8-12/h2-9,11H,1,10H2/p+1. The first-order valence-electron chi connectivity index (χ1n) is 5.20. The van der Waals surface area contributed by atoms with Crippen LogP contribution in [0.1, 0.15) is 0 Å². The first-order chi connectivity index (χ1) is 7.83. The lowest BCUT2D eigenvalue weighted by Crippen LogP contribution is -2.34. The van der Waals surface area contributed by atoms with Gasteiger partial charge < -0.3 is 5.11 Å². The summed E-state index contributed by atoms with van der Waals surface area (Å²) in [7, 11) is 0. The molecule has 0 aliphatic rings. The number of allylic oxidation sites excluding steroid dienone is 1. The topological polar surface area (TPSA) is 24.1 Å². The highest BCUT2D eigenvalue weighted by Crippen LogP contribution is 2.24. The fraction of sp³-hybridized carbons (Fsp3) is 0.0714. The first kappa shape index (κ1) is 10.4. The molecule has 0 fully saturated rings. The van der Waals surface area contributed by atoms with Crippen LogP contribution in [0.3, 0.4) is 0 Å². The Balaban J connectivity index is 2.58. The Morgan fingerprint density at radius 3 is 2.56 bits per heavy atom. The van der Waals surface area contributed by atoms with Gasteiger partial charge in [0.1, 0.15) is 0 Å². The van der Waals surface area contributed by atoms with Gasteiger partial charge in [-0.15, -0.1) is 0 Å². The smallest absolute Gasteiger partial charge is 0.254 e. The van der Waals surface area contributed by atoms with E-state index in [4.69, 9.17) is 0 Å². The van der Waals surface area contributed by atoms with Crippen LogP contribution in [-0.4, -0.2) is 5.11 Å². The molecule has 0 amide bonds. The molecule has 0 spiro atoms. The van der Waals surface area contributed by atoms with Crippen molar-refractivity contribution in [3.63, 3.8) is 0 Å². The quantitative estimate of drug-likeness (QED) is 0.613. The Bertz CT molecular complexity index is 491. The number of hydrogen-bond acceptors (Lipinski definition) is 1. The van der Waals surface area contributed by atoms with Crippen molar-refractivity contribution in [3.8, 4) is 17.0 Å². The molecule has 0 bridgehead atoms. The van der Waals surface area contributed by atoms with E-state index in [9.17, 15) is 5.11 Å². The van der Waals surface area contributed by atoms with Gasteiger partial charge in [0.15, 0.2) is 18.5 Å². The third kappa shape index (κ3) is 1.96. The van der Waals surface area contributed by atoms with Gasteiger partial charge in [0.25, 0.3) is 5.69 Å². The van der Waals surface area contributed by atoms with Gasteiger partial charge in [0.2, 0.25) is 0 Å². The fourth-order valence-corrected chi connectivity index (χ4v) is 1.74. The highest BCUT2D eigenvalue weighted by molar-refractivity contribution is 5.62. The highest BCUT2D eigenvalue weighted by atomic mass is 16.3. The van der Waals surface area contributed by atoms with Crippen molar-refractivity contribution in [2.24, 2.45) is 0 Å². The number of benzene rings is 1. The van der Waals surface area contributed by atoms with Crippen LogP contribution in [0.25, 0.3) is 11.3 Å². The summed E-state index contributed by atoms with van der Waals surface area (Å²) in [6.45, 7) is 4.40. The Morgan fingerprint density at radius 2 is 1.88 bits per heavy atom. The molecule has 1 aromatic carbocycles. The SMILES string of the molecule is C=CC[n+]1cccc(O)c1-c1ccccc1. The first-order valence-corrected chi connectivity index (χ1v) is 5.20. The average Bonchev–Trinajstić information content (AvgIpc) is 2.31. The molecule has 2 heteroatoms. The maximum absolute atomic E-state index is 9.92. The summed E-state index contributed by atoms with van der Waals surface area (Å²) >= 11 is 0. The van der Waals surface area contributed by atoms with Crippen molar-refractivity contribution in [2.75, 3.05) is 0 Å². The number of rotatable bonds is 3. The molecular weight excluding hydrogens is 198 g/mol. The third-order valence-electron chi connectivity index (χ3n) is 2.42. The molecule has 2 rings (SSSR count). The summed E-state index contributed by atoms with van der Waals surface area (Å²) in [5, 5.41) is 9.92. The van der Waals surface area contributed by atoms with E-state index in [1.165, 1.54) is 0 Å². The molecule has 1 aromatic heterocycles. The average molecular weight is 212 g/mol. The minimum Gasteiger partial charge on any atom is -0.502 e. The maximum atomic E-state index is 9.92. The monoisotopic (exact) mass is 212 g/mol. The highest BCUT2D eigenvalue weighted by Gasteiger charge is 2.16. The fourth-order valence-electron chi connectivity index (χ4n) is 1.74. The summed E-state index contributed by atoms with van der Waals surface area (Å²) in [6, 6.07) is 13.4. The molecule has 2 nitrogen and oxygen atoms in total. The third-order valence-corrected chi connectivity index (χ3v) is 2.42. The van der Waals surface area contributed by atoms with Crippen LogP contribution in [-0.2, 0) is 6.54 Å². The molecule has 16 heavy (non-hydrogen) atoms. The zero-order valence-corrected chi connectivity index (χ0v) is 9.00. The molecular formula is C14H14NO+. The van der Waals surface area contributed by atoms with E-state index in [2.05, 4.69) is 6.58 Å². The van der Waals surface area contributed by atoms with Crippen molar-refractivity contribution in [1.29, 1.82) is 0 Å². The van der Waals surface area contributed by atoms with Crippen LogP contribution in [0.15, 0.2) is 61.3 Å². The van der Waals surface area contributed by atoms with Crippen molar-refractivity contribution >= 4 is 0 Å². The number of aromatic hydroxyl groups is 1. The number of nitrogens with zero attached hydrogens (tertiary/aromatic N) is 1. The van der Waals surface area contributed by atoms with Crippen LogP contribution in [0, 0.1) is 0 Å². The minimum absolute atomic E-state index is 0.288. The summed E-state index contributed by atoms with van der Waals surface area (Å²) in [6.07, 6.45) is 3.75. The molecule has 1 heterocycles. The molecule has 0 aliphatic heterocycles. The van der Waals surface area contributed by atoms with Gasteiger partial charge in [-0.05, 0) is 24.3 Å². The van der Waals surface area contributed by atoms with E-state index >= 15 is 0 Å². The summed E-state index contributed by atoms with van der Waals surface area (Å²) in [5.74, 6) is 0.288. The van der Waals surface area contributed by atoms with Gasteiger partial charge in [-0.3, -0.25) is 0 Å². The summed E-state index contributed by atoms with van der Waals surface area (Å²) < 4.78 is 1.97. The van der Waals surface area contributed by atoms with Gasteiger partial charge in [0, 0.05) is 6.07 Å². The van der Waals surface area contributed by atoms with Crippen molar-refractivity contribution < 1.29 is 9.67 Å². The zero-order chi connectivity index (χ0) is 11.4. The Kier molecular flexibility index (Phi) is 3.01. The Labute approximate surface area is 95.1 Å². The van der Waals surface area contributed by atoms with E-state index in [-0.39, 0.29) is 5.75 Å². The molecule has 80 valence electrons. The molecule has 0 unspecified atom stereocenters. The molecule has 0 saturated carbocycles. The van der Waals surface area contributed by atoms with Crippen LogP contribution >= 0.6 is 0 Å². The second-order valence-electron chi connectivity index (χ2n) is 3.55. The lowest BCUT2D eigenvalue weighted by atomic mass is 10.1. The van der Waals surface area contributed by atoms with Crippen LogP contribution in [0.5, 0.6) is 5.75 Å². The lowest BCUT2D eigenvalue weighted by Gasteiger charge is -2.03. The molecule has 0 atom stereocenters. The van der Waals surface area contributed by atoms with Crippen LogP contribution < -0.4 is 4.57 Å². The molecule has 0 saturated heterocycles. The van der Waals surface area contributed by atoms with E-state index in [0.717, 1.165) is 11.3 Å². The normalized spacial score (nSPS) is 10.0. The van der Waals surface area contributed by atoms with Gasteiger partial charge in [-0.1, -0.05) is 24.8 Å². The predicted molar refractivity (Wildman–Crippen MR) is 63.9 cm³/mol. The van der Waals surface area contributed by atoms with Gasteiger partial charge in [0.05, 0.1) is 5.56 Å². The molecule has 0 aliphatic carbocycles. The lowest BCUT2D eigenvalue weighted by molar-refractivity contribution is -0.676. The predicted octanol–water partition coefficient (Wildman–Crippen LogP) is 2.53.